The topological polar surface area (TPSA) is 6.48 Å². The molecule has 0 unspecified atom stereocenters. The molecule has 0 saturated heterocycles. The number of benzene rings is 2. The van der Waals surface area contributed by atoms with E-state index < -0.39 is 0 Å². The summed E-state index contributed by atoms with van der Waals surface area (Å²) in [5.41, 5.74) is 10.2. The zero-order chi connectivity index (χ0) is 31.1. The van der Waals surface area contributed by atoms with Gasteiger partial charge in [0, 0.05) is 37.3 Å². The molecule has 0 amide bonds. The Labute approximate surface area is 251 Å². The molecular weight excluding hydrogens is 484 g/mol. The molecule has 2 aromatic rings. The van der Waals surface area contributed by atoms with Crippen molar-refractivity contribution in [1.29, 1.82) is 0 Å². The summed E-state index contributed by atoms with van der Waals surface area (Å²) in [6, 6.07) is 14.2. The number of hydrogen-bond donors (Lipinski definition) is 0. The van der Waals surface area contributed by atoms with Crippen LogP contribution in [0.25, 0.3) is 0 Å². The third-order valence-electron chi connectivity index (χ3n) is 8.07. The minimum atomic E-state index is 0.260. The molecule has 0 bridgehead atoms. The Hall–Kier alpha value is -1.64. The van der Waals surface area contributed by atoms with Crippen molar-refractivity contribution in [2.45, 2.75) is 159 Å². The summed E-state index contributed by atoms with van der Waals surface area (Å²) in [5, 5.41) is 0. The first kappa shape index (κ1) is 36.4. The van der Waals surface area contributed by atoms with Crippen molar-refractivity contribution in [3.05, 3.63) is 69.8 Å². The molecule has 2 aliphatic rings. The fraction of sp³-hybridized carbons (Fsp3) is 0.684. The van der Waals surface area contributed by atoms with Crippen LogP contribution in [-0.2, 0) is 36.8 Å². The fourth-order valence-corrected chi connectivity index (χ4v) is 5.18. The molecular formula is C38H66N2. The van der Waals surface area contributed by atoms with Gasteiger partial charge in [-0.1, -0.05) is 106 Å². The van der Waals surface area contributed by atoms with Gasteiger partial charge in [0.2, 0.25) is 0 Å². The van der Waals surface area contributed by atoms with Crippen LogP contribution in [0.5, 0.6) is 0 Å². The van der Waals surface area contributed by atoms with Crippen LogP contribution >= 0.6 is 0 Å². The second-order valence-electron chi connectivity index (χ2n) is 15.2. The zero-order valence-corrected chi connectivity index (χ0v) is 29.6. The third kappa shape index (κ3) is 10.3. The van der Waals surface area contributed by atoms with Gasteiger partial charge in [0.1, 0.15) is 0 Å². The minimum Gasteiger partial charge on any atom is -0.294 e. The molecule has 0 aromatic heterocycles. The van der Waals surface area contributed by atoms with Crippen molar-refractivity contribution in [2.75, 3.05) is 13.1 Å². The van der Waals surface area contributed by atoms with E-state index in [9.17, 15) is 0 Å². The van der Waals surface area contributed by atoms with Gasteiger partial charge in [0.05, 0.1) is 0 Å². The number of nitrogens with zero attached hydrogens (tertiary/aromatic N) is 2. The number of hydrogen-bond acceptors (Lipinski definition) is 2. The fourth-order valence-electron chi connectivity index (χ4n) is 5.18. The van der Waals surface area contributed by atoms with E-state index >= 15 is 0 Å². The molecule has 0 N–H and O–H groups in total. The third-order valence-corrected chi connectivity index (χ3v) is 8.07. The van der Waals surface area contributed by atoms with E-state index in [1.54, 1.807) is 11.1 Å². The zero-order valence-electron chi connectivity index (χ0n) is 29.6. The van der Waals surface area contributed by atoms with Crippen molar-refractivity contribution in [2.24, 2.45) is 0 Å². The van der Waals surface area contributed by atoms with Crippen molar-refractivity contribution in [3.63, 3.8) is 0 Å². The molecule has 0 saturated carbocycles. The van der Waals surface area contributed by atoms with E-state index in [-0.39, 0.29) is 21.9 Å². The molecule has 0 spiro atoms. The molecule has 0 fully saturated rings. The normalized spacial score (nSPS) is 16.2. The van der Waals surface area contributed by atoms with Gasteiger partial charge >= 0.3 is 0 Å². The lowest BCUT2D eigenvalue weighted by Crippen LogP contribution is -2.44. The predicted molar refractivity (Wildman–Crippen MR) is 181 cm³/mol. The van der Waals surface area contributed by atoms with Crippen LogP contribution in [0.15, 0.2) is 36.4 Å². The standard InChI is InChI=1S/2C17H27N.2C2H6/c2*1-16(2,3)15-8-7-14-12-18(17(4,5)6)10-9-13(14)11-15;2*1-2/h2*7-8,11H,9-10,12H2,1-6H3;2*1-2H3. The summed E-state index contributed by atoms with van der Waals surface area (Å²) in [6.07, 6.45) is 2.38. The predicted octanol–water partition coefficient (Wildman–Crippen LogP) is 10.3. The summed E-state index contributed by atoms with van der Waals surface area (Å²) in [6.45, 7) is 40.2. The summed E-state index contributed by atoms with van der Waals surface area (Å²) in [5.74, 6) is 0. The lowest BCUT2D eigenvalue weighted by atomic mass is 9.83. The Morgan fingerprint density at radius 2 is 0.750 bits per heavy atom. The van der Waals surface area contributed by atoms with E-state index in [1.807, 2.05) is 27.7 Å². The van der Waals surface area contributed by atoms with Crippen LogP contribution in [0.1, 0.15) is 144 Å². The van der Waals surface area contributed by atoms with Crippen molar-refractivity contribution in [1.82, 2.24) is 9.80 Å². The average molecular weight is 551 g/mol. The van der Waals surface area contributed by atoms with Gasteiger partial charge in [-0.15, -0.1) is 0 Å². The molecule has 0 atom stereocenters. The largest absolute Gasteiger partial charge is 0.294 e. The van der Waals surface area contributed by atoms with Crippen LogP contribution in [0.2, 0.25) is 0 Å². The summed E-state index contributed by atoms with van der Waals surface area (Å²) in [7, 11) is 0. The average Bonchev–Trinajstić information content (AvgIpc) is 2.88. The van der Waals surface area contributed by atoms with E-state index in [1.165, 1.54) is 48.2 Å². The molecule has 4 rings (SSSR count). The minimum absolute atomic E-state index is 0.260. The molecule has 2 heteroatoms. The quantitative estimate of drug-likeness (QED) is 0.322. The Kier molecular flexibility index (Phi) is 13.2. The second kappa shape index (κ2) is 14.5. The molecule has 2 nitrogen and oxygen atoms in total. The van der Waals surface area contributed by atoms with Gasteiger partial charge in [-0.25, -0.2) is 0 Å². The van der Waals surface area contributed by atoms with Crippen LogP contribution in [-0.4, -0.2) is 34.0 Å². The maximum absolute atomic E-state index is 2.58. The van der Waals surface area contributed by atoms with Gasteiger partial charge < -0.3 is 0 Å². The highest BCUT2D eigenvalue weighted by Crippen LogP contribution is 2.31. The second-order valence-corrected chi connectivity index (χ2v) is 15.2. The van der Waals surface area contributed by atoms with Crippen LogP contribution in [0.3, 0.4) is 0 Å². The van der Waals surface area contributed by atoms with E-state index in [0.29, 0.717) is 0 Å². The van der Waals surface area contributed by atoms with E-state index in [4.69, 9.17) is 0 Å². The van der Waals surface area contributed by atoms with Crippen LogP contribution in [0.4, 0.5) is 0 Å². The van der Waals surface area contributed by atoms with Crippen molar-refractivity contribution < 1.29 is 0 Å². The summed E-state index contributed by atoms with van der Waals surface area (Å²) in [4.78, 5) is 5.15. The lowest BCUT2D eigenvalue weighted by molar-refractivity contribution is 0.120. The maximum Gasteiger partial charge on any atom is 0.0241 e. The molecule has 2 aliphatic heterocycles. The van der Waals surface area contributed by atoms with Gasteiger partial charge in [0.25, 0.3) is 0 Å². The maximum atomic E-state index is 2.58. The summed E-state index contributed by atoms with van der Waals surface area (Å²) >= 11 is 0. The number of fused-ring (bicyclic) bond motifs is 2. The Bertz CT molecular complexity index is 950. The highest BCUT2D eigenvalue weighted by molar-refractivity contribution is 5.38. The summed E-state index contributed by atoms with van der Waals surface area (Å²) < 4.78 is 0. The molecule has 40 heavy (non-hydrogen) atoms. The first-order chi connectivity index (χ1) is 18.4. The van der Waals surface area contributed by atoms with Crippen molar-refractivity contribution >= 4 is 0 Å². The lowest BCUT2D eigenvalue weighted by Gasteiger charge is -2.39. The van der Waals surface area contributed by atoms with Gasteiger partial charge in [0.15, 0.2) is 0 Å². The molecule has 2 heterocycles. The van der Waals surface area contributed by atoms with Gasteiger partial charge in [-0.05, 0) is 98.6 Å². The van der Waals surface area contributed by atoms with E-state index in [0.717, 1.165) is 13.1 Å². The monoisotopic (exact) mass is 551 g/mol. The van der Waals surface area contributed by atoms with Crippen LogP contribution in [0, 0.1) is 0 Å². The molecule has 0 radical (unpaired) electrons. The SMILES string of the molecule is CC.CC.CC(C)(C)c1ccc2c(c1)CCN(C(C)(C)C)C2.CC(C)(C)c1ccc2c(c1)CCN(C(C)(C)C)C2. The molecule has 228 valence electrons. The molecule has 0 aliphatic carbocycles. The molecule has 2 aromatic carbocycles. The smallest absolute Gasteiger partial charge is 0.0241 e. The first-order valence-corrected chi connectivity index (χ1v) is 16.1. The Balaban J connectivity index is 0.000000356. The van der Waals surface area contributed by atoms with Gasteiger partial charge in [-0.3, -0.25) is 9.80 Å². The Morgan fingerprint density at radius 1 is 0.450 bits per heavy atom. The van der Waals surface area contributed by atoms with E-state index in [2.05, 4.69) is 129 Å². The van der Waals surface area contributed by atoms with Crippen LogP contribution < -0.4 is 0 Å². The van der Waals surface area contributed by atoms with Crippen molar-refractivity contribution in [3.8, 4) is 0 Å². The number of rotatable bonds is 0. The van der Waals surface area contributed by atoms with Gasteiger partial charge in [-0.2, -0.15) is 0 Å². The highest BCUT2D eigenvalue weighted by atomic mass is 15.2. The Morgan fingerprint density at radius 3 is 1.00 bits per heavy atom. The highest BCUT2D eigenvalue weighted by Gasteiger charge is 2.27. The first-order valence-electron chi connectivity index (χ1n) is 16.1.